The first-order valence-electron chi connectivity index (χ1n) is 7.27. The molecule has 1 unspecified atom stereocenters. The van der Waals surface area contributed by atoms with E-state index in [-0.39, 0.29) is 12.6 Å². The number of benzene rings is 1. The van der Waals surface area contributed by atoms with Gasteiger partial charge < -0.3 is 20.1 Å². The van der Waals surface area contributed by atoms with Gasteiger partial charge in [-0.1, -0.05) is 24.3 Å². The first-order valence-corrected chi connectivity index (χ1v) is 7.27. The van der Waals surface area contributed by atoms with Gasteiger partial charge in [0.05, 0.1) is 18.7 Å². The van der Waals surface area contributed by atoms with E-state index in [0.29, 0.717) is 17.0 Å². The molecule has 0 saturated heterocycles. The van der Waals surface area contributed by atoms with Crippen LogP contribution in [0.15, 0.2) is 47.7 Å². The predicted molar refractivity (Wildman–Crippen MR) is 85.9 cm³/mol. The molecule has 6 heteroatoms. The van der Waals surface area contributed by atoms with E-state index in [2.05, 4.69) is 10.6 Å². The topological polar surface area (TPSA) is 76.7 Å². The van der Waals surface area contributed by atoms with Crippen molar-refractivity contribution >= 4 is 12.0 Å². The molecule has 1 aromatic carbocycles. The van der Waals surface area contributed by atoms with Crippen LogP contribution in [0.4, 0.5) is 4.79 Å². The molecular weight excluding hydrogens is 296 g/mol. The van der Waals surface area contributed by atoms with Crippen molar-refractivity contribution in [3.63, 3.8) is 0 Å². The van der Waals surface area contributed by atoms with Crippen molar-refractivity contribution in [3.8, 4) is 5.75 Å². The highest BCUT2D eigenvalue weighted by Gasteiger charge is 2.32. The van der Waals surface area contributed by atoms with Gasteiger partial charge in [-0.25, -0.2) is 9.59 Å². The molecule has 0 aromatic heterocycles. The fourth-order valence-corrected chi connectivity index (χ4v) is 2.31. The third kappa shape index (κ3) is 3.91. The molecule has 1 heterocycles. The maximum absolute atomic E-state index is 12.4. The number of ether oxygens (including phenoxy) is 2. The largest absolute Gasteiger partial charge is 0.497 e. The van der Waals surface area contributed by atoms with Crippen LogP contribution in [0.1, 0.15) is 25.5 Å². The molecule has 23 heavy (non-hydrogen) atoms. The van der Waals surface area contributed by atoms with Gasteiger partial charge in [-0.05, 0) is 31.5 Å². The number of nitrogens with one attached hydrogen (secondary N) is 2. The second kappa shape index (κ2) is 7.49. The number of urea groups is 1. The third-order valence-electron chi connectivity index (χ3n) is 3.48. The summed E-state index contributed by atoms with van der Waals surface area (Å²) in [5, 5.41) is 5.36. The highest BCUT2D eigenvalue weighted by atomic mass is 16.5. The Hall–Kier alpha value is -2.76. The Morgan fingerprint density at radius 3 is 2.61 bits per heavy atom. The van der Waals surface area contributed by atoms with Gasteiger partial charge in [0.2, 0.25) is 0 Å². The monoisotopic (exact) mass is 316 g/mol. The molecule has 122 valence electrons. The summed E-state index contributed by atoms with van der Waals surface area (Å²) in [4.78, 5) is 24.1. The SMILES string of the molecule is CC=CCOC(=O)C1=C(C)NC(=O)NC1c1ccc(OC)cc1. The average Bonchev–Trinajstić information content (AvgIpc) is 2.54. The fourth-order valence-electron chi connectivity index (χ4n) is 2.31. The smallest absolute Gasteiger partial charge is 0.338 e. The van der Waals surface area contributed by atoms with Crippen molar-refractivity contribution in [3.05, 3.63) is 53.3 Å². The Morgan fingerprint density at radius 2 is 2.00 bits per heavy atom. The summed E-state index contributed by atoms with van der Waals surface area (Å²) in [6.07, 6.45) is 3.54. The van der Waals surface area contributed by atoms with Gasteiger partial charge in [0.25, 0.3) is 0 Å². The average molecular weight is 316 g/mol. The van der Waals surface area contributed by atoms with E-state index < -0.39 is 12.0 Å². The van der Waals surface area contributed by atoms with E-state index >= 15 is 0 Å². The normalized spacial score (nSPS) is 17.7. The molecule has 1 aliphatic heterocycles. The van der Waals surface area contributed by atoms with Crippen molar-refractivity contribution in [1.82, 2.24) is 10.6 Å². The molecule has 1 aliphatic rings. The maximum atomic E-state index is 12.4. The Bertz CT molecular complexity index is 647. The summed E-state index contributed by atoms with van der Waals surface area (Å²) < 4.78 is 10.4. The van der Waals surface area contributed by atoms with E-state index in [0.717, 1.165) is 5.56 Å². The lowest BCUT2D eigenvalue weighted by Gasteiger charge is -2.28. The van der Waals surface area contributed by atoms with Gasteiger partial charge >= 0.3 is 12.0 Å². The maximum Gasteiger partial charge on any atom is 0.338 e. The number of carbonyl (C=O) groups excluding carboxylic acids is 2. The minimum Gasteiger partial charge on any atom is -0.497 e. The molecular formula is C17H20N2O4. The van der Waals surface area contributed by atoms with Gasteiger partial charge in [0.1, 0.15) is 12.4 Å². The standard InChI is InChI=1S/C17H20N2O4/c1-4-5-10-23-16(20)14-11(2)18-17(21)19-15(14)12-6-8-13(22-3)9-7-12/h4-9,15H,10H2,1-3H3,(H2,18,19,21). The summed E-state index contributed by atoms with van der Waals surface area (Å²) in [5.41, 5.74) is 1.65. The van der Waals surface area contributed by atoms with E-state index in [9.17, 15) is 9.59 Å². The zero-order chi connectivity index (χ0) is 16.8. The van der Waals surface area contributed by atoms with Crippen LogP contribution in [0.2, 0.25) is 0 Å². The number of amides is 2. The van der Waals surface area contributed by atoms with E-state index in [4.69, 9.17) is 9.47 Å². The Kier molecular flexibility index (Phi) is 5.41. The lowest BCUT2D eigenvalue weighted by Crippen LogP contribution is -2.45. The zero-order valence-corrected chi connectivity index (χ0v) is 13.4. The first-order chi connectivity index (χ1) is 11.1. The molecule has 0 aliphatic carbocycles. The van der Waals surface area contributed by atoms with E-state index in [1.165, 1.54) is 0 Å². The zero-order valence-electron chi connectivity index (χ0n) is 13.4. The Labute approximate surface area is 135 Å². The molecule has 1 aromatic rings. The van der Waals surface area contributed by atoms with Crippen LogP contribution < -0.4 is 15.4 Å². The van der Waals surface area contributed by atoms with Crippen LogP contribution >= 0.6 is 0 Å². The number of rotatable bonds is 5. The van der Waals surface area contributed by atoms with Crippen molar-refractivity contribution in [2.24, 2.45) is 0 Å². The van der Waals surface area contributed by atoms with E-state index in [1.54, 1.807) is 38.3 Å². The van der Waals surface area contributed by atoms with Crippen LogP contribution in [0.3, 0.4) is 0 Å². The molecule has 2 N–H and O–H groups in total. The van der Waals surface area contributed by atoms with Gasteiger partial charge in [-0.2, -0.15) is 0 Å². The lowest BCUT2D eigenvalue weighted by molar-refractivity contribution is -0.138. The molecule has 0 radical (unpaired) electrons. The minimum absolute atomic E-state index is 0.190. The predicted octanol–water partition coefficient (Wildman–Crippen LogP) is 2.44. The van der Waals surface area contributed by atoms with Crippen molar-refractivity contribution in [1.29, 1.82) is 0 Å². The molecule has 0 saturated carbocycles. The molecule has 2 rings (SSSR count). The highest BCUT2D eigenvalue weighted by Crippen LogP contribution is 2.28. The second-order valence-electron chi connectivity index (χ2n) is 5.01. The third-order valence-corrected chi connectivity index (χ3v) is 3.48. The summed E-state index contributed by atoms with van der Waals surface area (Å²) in [6.45, 7) is 3.72. The second-order valence-corrected chi connectivity index (χ2v) is 5.01. The Morgan fingerprint density at radius 1 is 1.30 bits per heavy atom. The van der Waals surface area contributed by atoms with Crippen LogP contribution in [0, 0.1) is 0 Å². The van der Waals surface area contributed by atoms with Crippen LogP contribution in [-0.2, 0) is 9.53 Å². The number of esters is 1. The molecule has 1 atom stereocenters. The van der Waals surface area contributed by atoms with Crippen molar-refractivity contribution < 1.29 is 19.1 Å². The number of hydrogen-bond donors (Lipinski definition) is 2. The summed E-state index contributed by atoms with van der Waals surface area (Å²) >= 11 is 0. The van der Waals surface area contributed by atoms with Gasteiger partial charge in [0.15, 0.2) is 0 Å². The molecule has 6 nitrogen and oxygen atoms in total. The summed E-state index contributed by atoms with van der Waals surface area (Å²) in [7, 11) is 1.58. The quantitative estimate of drug-likeness (QED) is 0.646. The molecule has 0 fully saturated rings. The number of methoxy groups -OCH3 is 1. The van der Waals surface area contributed by atoms with Crippen LogP contribution in [0.25, 0.3) is 0 Å². The molecule has 0 bridgehead atoms. The van der Waals surface area contributed by atoms with Gasteiger partial charge in [-0.3, -0.25) is 0 Å². The van der Waals surface area contributed by atoms with Crippen LogP contribution in [0.5, 0.6) is 5.75 Å². The first kappa shape index (κ1) is 16.6. The lowest BCUT2D eigenvalue weighted by atomic mass is 9.95. The summed E-state index contributed by atoms with van der Waals surface area (Å²) in [5.74, 6) is 0.237. The minimum atomic E-state index is -0.562. The highest BCUT2D eigenvalue weighted by molar-refractivity contribution is 5.95. The molecule has 2 amide bonds. The van der Waals surface area contributed by atoms with Gasteiger partial charge in [0, 0.05) is 5.70 Å². The van der Waals surface area contributed by atoms with Gasteiger partial charge in [-0.15, -0.1) is 0 Å². The van der Waals surface area contributed by atoms with Crippen molar-refractivity contribution in [2.45, 2.75) is 19.9 Å². The number of hydrogen-bond acceptors (Lipinski definition) is 4. The van der Waals surface area contributed by atoms with Crippen molar-refractivity contribution in [2.75, 3.05) is 13.7 Å². The fraction of sp³-hybridized carbons (Fsp3) is 0.294. The molecule has 0 spiro atoms. The van der Waals surface area contributed by atoms with E-state index in [1.807, 2.05) is 19.1 Å². The number of allylic oxidation sites excluding steroid dienone is 2. The van der Waals surface area contributed by atoms with Crippen LogP contribution in [-0.4, -0.2) is 25.7 Å². The Balaban J connectivity index is 2.31. The number of carbonyl (C=O) groups is 2. The summed E-state index contributed by atoms with van der Waals surface area (Å²) in [6, 6.07) is 6.26.